The molecule has 0 aliphatic rings. The molecule has 0 saturated carbocycles. The van der Waals surface area contributed by atoms with Crippen LogP contribution in [0.5, 0.6) is 0 Å². The van der Waals surface area contributed by atoms with Gasteiger partial charge < -0.3 is 10.1 Å². The van der Waals surface area contributed by atoms with Gasteiger partial charge in [-0.3, -0.25) is 0 Å². The zero-order chi connectivity index (χ0) is 14.5. The number of tetrazole rings is 1. The monoisotopic (exact) mass is 279 g/mol. The molecule has 0 aliphatic carbocycles. The molecule has 1 N–H and O–H groups in total. The number of ether oxygens (including phenoxy) is 1. The van der Waals surface area contributed by atoms with Gasteiger partial charge >= 0.3 is 0 Å². The lowest BCUT2D eigenvalue weighted by Gasteiger charge is -2.14. The van der Waals surface area contributed by atoms with Gasteiger partial charge in [-0.25, -0.2) is 4.39 Å². The van der Waals surface area contributed by atoms with Crippen molar-refractivity contribution in [2.45, 2.75) is 19.9 Å². The second-order valence-corrected chi connectivity index (χ2v) is 4.55. The van der Waals surface area contributed by atoms with Crippen molar-refractivity contribution < 1.29 is 9.13 Å². The highest BCUT2D eigenvalue weighted by atomic mass is 19.1. The number of hydrogen-bond acceptors (Lipinski definition) is 5. The van der Waals surface area contributed by atoms with Crippen molar-refractivity contribution in [2.75, 3.05) is 20.3 Å². The Morgan fingerprint density at radius 1 is 1.45 bits per heavy atom. The summed E-state index contributed by atoms with van der Waals surface area (Å²) in [6.07, 6.45) is 0. The van der Waals surface area contributed by atoms with Gasteiger partial charge in [-0.05, 0) is 48.0 Å². The number of aromatic nitrogens is 4. The number of rotatable bonds is 6. The number of methoxy groups -OCH3 is 1. The lowest BCUT2D eigenvalue weighted by atomic mass is 10.2. The molecule has 1 atom stereocenters. The Hall–Kier alpha value is -1.86. The highest BCUT2D eigenvalue weighted by molar-refractivity contribution is 5.40. The predicted molar refractivity (Wildman–Crippen MR) is 72.1 cm³/mol. The minimum absolute atomic E-state index is 0.0374. The number of nitrogens with one attached hydrogen (secondary N) is 1. The molecule has 6 nitrogen and oxygen atoms in total. The SMILES string of the molecule is COCCNC(C)c1nnnn1-c1ccc(F)cc1C. The van der Waals surface area contributed by atoms with Crippen molar-refractivity contribution in [3.63, 3.8) is 0 Å². The topological polar surface area (TPSA) is 64.9 Å². The molecule has 1 heterocycles. The molecule has 2 rings (SSSR count). The quantitative estimate of drug-likeness (QED) is 0.810. The third-order valence-electron chi connectivity index (χ3n) is 3.02. The summed E-state index contributed by atoms with van der Waals surface area (Å²) in [5, 5.41) is 15.0. The molecule has 0 saturated heterocycles. The van der Waals surface area contributed by atoms with E-state index < -0.39 is 0 Å². The first kappa shape index (κ1) is 14.5. The van der Waals surface area contributed by atoms with E-state index in [1.54, 1.807) is 17.9 Å². The lowest BCUT2D eigenvalue weighted by Crippen LogP contribution is -2.25. The zero-order valence-corrected chi connectivity index (χ0v) is 11.8. The minimum Gasteiger partial charge on any atom is -0.383 e. The van der Waals surface area contributed by atoms with Crippen molar-refractivity contribution >= 4 is 0 Å². The van der Waals surface area contributed by atoms with Crippen LogP contribution < -0.4 is 5.32 Å². The molecule has 20 heavy (non-hydrogen) atoms. The van der Waals surface area contributed by atoms with Crippen molar-refractivity contribution in [2.24, 2.45) is 0 Å². The van der Waals surface area contributed by atoms with Crippen molar-refractivity contribution in [3.05, 3.63) is 35.4 Å². The van der Waals surface area contributed by atoms with E-state index in [0.29, 0.717) is 19.0 Å². The fourth-order valence-electron chi connectivity index (χ4n) is 1.96. The number of halogens is 1. The number of nitrogens with zero attached hydrogens (tertiary/aromatic N) is 4. The molecule has 0 bridgehead atoms. The van der Waals surface area contributed by atoms with E-state index in [4.69, 9.17) is 4.74 Å². The van der Waals surface area contributed by atoms with Crippen LogP contribution in [0.3, 0.4) is 0 Å². The number of aryl methyl sites for hydroxylation is 1. The van der Waals surface area contributed by atoms with E-state index in [0.717, 1.165) is 11.3 Å². The summed E-state index contributed by atoms with van der Waals surface area (Å²) < 4.78 is 19.8. The van der Waals surface area contributed by atoms with Crippen LogP contribution in [0.25, 0.3) is 5.69 Å². The Balaban J connectivity index is 2.23. The summed E-state index contributed by atoms with van der Waals surface area (Å²) in [6.45, 7) is 5.11. The van der Waals surface area contributed by atoms with Crippen LogP contribution in [0.1, 0.15) is 24.4 Å². The molecular weight excluding hydrogens is 261 g/mol. The number of benzene rings is 1. The minimum atomic E-state index is -0.271. The predicted octanol–water partition coefficient (Wildman–Crippen LogP) is 1.41. The summed E-state index contributed by atoms with van der Waals surface area (Å²) >= 11 is 0. The average molecular weight is 279 g/mol. The molecule has 0 amide bonds. The Morgan fingerprint density at radius 2 is 2.25 bits per heavy atom. The number of hydrogen-bond donors (Lipinski definition) is 1. The molecule has 0 fully saturated rings. The second-order valence-electron chi connectivity index (χ2n) is 4.55. The molecule has 108 valence electrons. The van der Waals surface area contributed by atoms with Gasteiger partial charge in [0.1, 0.15) is 5.82 Å². The lowest BCUT2D eigenvalue weighted by molar-refractivity contribution is 0.196. The van der Waals surface area contributed by atoms with Gasteiger partial charge in [-0.15, -0.1) is 5.10 Å². The highest BCUT2D eigenvalue weighted by Gasteiger charge is 2.16. The smallest absolute Gasteiger partial charge is 0.173 e. The summed E-state index contributed by atoms with van der Waals surface area (Å²) in [5.41, 5.74) is 1.55. The molecule has 1 unspecified atom stereocenters. The normalized spacial score (nSPS) is 12.6. The standard InChI is InChI=1S/C13H18FN5O/c1-9-8-11(14)4-5-12(9)19-13(16-17-18-19)10(2)15-6-7-20-3/h4-5,8,10,15H,6-7H2,1-3H3. The van der Waals surface area contributed by atoms with E-state index >= 15 is 0 Å². The maximum absolute atomic E-state index is 13.2. The van der Waals surface area contributed by atoms with Crippen LogP contribution in [0.15, 0.2) is 18.2 Å². The Kier molecular flexibility index (Phi) is 4.75. The summed E-state index contributed by atoms with van der Waals surface area (Å²) in [4.78, 5) is 0. The third-order valence-corrected chi connectivity index (χ3v) is 3.02. The van der Waals surface area contributed by atoms with Crippen LogP contribution in [-0.4, -0.2) is 40.5 Å². The summed E-state index contributed by atoms with van der Waals surface area (Å²) in [6, 6.07) is 4.50. The van der Waals surface area contributed by atoms with Gasteiger partial charge in [0, 0.05) is 13.7 Å². The van der Waals surface area contributed by atoms with Crippen LogP contribution in [0, 0.1) is 12.7 Å². The molecule has 1 aromatic carbocycles. The van der Waals surface area contributed by atoms with Crippen LogP contribution in [-0.2, 0) is 4.74 Å². The van der Waals surface area contributed by atoms with Crippen LogP contribution in [0.4, 0.5) is 4.39 Å². The fourth-order valence-corrected chi connectivity index (χ4v) is 1.96. The third kappa shape index (κ3) is 3.17. The molecule has 1 aromatic heterocycles. The maximum atomic E-state index is 13.2. The van der Waals surface area contributed by atoms with Crippen LogP contribution >= 0.6 is 0 Å². The van der Waals surface area contributed by atoms with Gasteiger partial charge in [-0.2, -0.15) is 4.68 Å². The summed E-state index contributed by atoms with van der Waals surface area (Å²) in [7, 11) is 1.65. The first-order valence-corrected chi connectivity index (χ1v) is 6.40. The van der Waals surface area contributed by atoms with Crippen molar-refractivity contribution in [1.82, 2.24) is 25.5 Å². The van der Waals surface area contributed by atoms with Gasteiger partial charge in [0.2, 0.25) is 0 Å². The zero-order valence-electron chi connectivity index (χ0n) is 11.8. The van der Waals surface area contributed by atoms with Crippen LogP contribution in [0.2, 0.25) is 0 Å². The van der Waals surface area contributed by atoms with Gasteiger partial charge in [0.05, 0.1) is 18.3 Å². The maximum Gasteiger partial charge on any atom is 0.173 e. The average Bonchev–Trinajstić information content (AvgIpc) is 2.88. The first-order chi connectivity index (χ1) is 9.63. The largest absolute Gasteiger partial charge is 0.383 e. The van der Waals surface area contributed by atoms with E-state index in [9.17, 15) is 4.39 Å². The Bertz CT molecular complexity index is 572. The second kappa shape index (κ2) is 6.53. The van der Waals surface area contributed by atoms with E-state index in [2.05, 4.69) is 20.8 Å². The van der Waals surface area contributed by atoms with E-state index in [1.807, 2.05) is 13.8 Å². The van der Waals surface area contributed by atoms with Gasteiger partial charge in [0.15, 0.2) is 5.82 Å². The summed E-state index contributed by atoms with van der Waals surface area (Å²) in [5.74, 6) is 0.406. The van der Waals surface area contributed by atoms with Gasteiger partial charge in [0.25, 0.3) is 0 Å². The first-order valence-electron chi connectivity index (χ1n) is 6.40. The highest BCUT2D eigenvalue weighted by Crippen LogP contribution is 2.18. The molecule has 7 heteroatoms. The van der Waals surface area contributed by atoms with E-state index in [-0.39, 0.29) is 11.9 Å². The molecule has 2 aromatic rings. The Morgan fingerprint density at radius 3 is 2.95 bits per heavy atom. The molecule has 0 radical (unpaired) electrons. The molecular formula is C13H18FN5O. The Labute approximate surface area is 116 Å². The fraction of sp³-hybridized carbons (Fsp3) is 0.462. The van der Waals surface area contributed by atoms with Gasteiger partial charge in [-0.1, -0.05) is 0 Å². The van der Waals surface area contributed by atoms with E-state index in [1.165, 1.54) is 12.1 Å². The molecule has 0 spiro atoms. The van der Waals surface area contributed by atoms with Crippen molar-refractivity contribution in [1.29, 1.82) is 0 Å². The molecule has 0 aliphatic heterocycles. The van der Waals surface area contributed by atoms with Crippen molar-refractivity contribution in [3.8, 4) is 5.69 Å².